The molecule has 3 heterocycles. The van der Waals surface area contributed by atoms with Gasteiger partial charge in [0.25, 0.3) is 5.56 Å². The summed E-state index contributed by atoms with van der Waals surface area (Å²) in [6, 6.07) is 6.81. The lowest BCUT2D eigenvalue weighted by Crippen LogP contribution is -2.36. The van der Waals surface area contributed by atoms with Crippen LogP contribution in [-0.4, -0.2) is 46.4 Å². The normalized spacial score (nSPS) is 19.5. The van der Waals surface area contributed by atoms with E-state index >= 15 is 0 Å². The number of piperidine rings is 1. The summed E-state index contributed by atoms with van der Waals surface area (Å²) in [5.41, 5.74) is 2.85. The molecule has 1 fully saturated rings. The average Bonchev–Trinajstić information content (AvgIpc) is 2.62. The van der Waals surface area contributed by atoms with Gasteiger partial charge in [-0.2, -0.15) is 0 Å². The maximum Gasteiger partial charge on any atom is 0.254 e. The van der Waals surface area contributed by atoms with Gasteiger partial charge in [-0.15, -0.1) is 0 Å². The van der Waals surface area contributed by atoms with Crippen molar-refractivity contribution in [1.82, 2.24) is 19.8 Å². The second-order valence-electron chi connectivity index (χ2n) is 7.54. The standard InChI is InChI=1S/C20H25FN4O/c1-24-8-7-17-18(13-24)22-19(23-20(17)26)15-5-9-25(10-6-15)12-14-3-2-4-16(21)11-14/h2-4,11,15H,5-10,12-13H2,1H3,(H,22,23,26). The summed E-state index contributed by atoms with van der Waals surface area (Å²) in [6.07, 6.45) is 2.71. The Bertz CT molecular complexity index is 842. The van der Waals surface area contributed by atoms with Crippen LogP contribution in [0.2, 0.25) is 0 Å². The van der Waals surface area contributed by atoms with Crippen molar-refractivity contribution in [1.29, 1.82) is 0 Å². The Morgan fingerprint density at radius 2 is 2.08 bits per heavy atom. The van der Waals surface area contributed by atoms with Crippen LogP contribution in [0.4, 0.5) is 4.39 Å². The first-order valence-corrected chi connectivity index (χ1v) is 9.36. The molecule has 0 bridgehead atoms. The lowest BCUT2D eigenvalue weighted by molar-refractivity contribution is 0.201. The number of benzene rings is 1. The predicted molar refractivity (Wildman–Crippen MR) is 98.5 cm³/mol. The van der Waals surface area contributed by atoms with E-state index < -0.39 is 0 Å². The fourth-order valence-corrected chi connectivity index (χ4v) is 4.04. The third-order valence-corrected chi connectivity index (χ3v) is 5.55. The van der Waals surface area contributed by atoms with Crippen molar-refractivity contribution >= 4 is 0 Å². The van der Waals surface area contributed by atoms with Crippen molar-refractivity contribution in [2.24, 2.45) is 0 Å². The number of likely N-dealkylation sites (tertiary alicyclic amines) is 1. The number of hydrogen-bond acceptors (Lipinski definition) is 4. The van der Waals surface area contributed by atoms with Gasteiger partial charge in [-0.3, -0.25) is 9.69 Å². The zero-order valence-corrected chi connectivity index (χ0v) is 15.2. The number of rotatable bonds is 3. The van der Waals surface area contributed by atoms with Crippen LogP contribution in [0.5, 0.6) is 0 Å². The Morgan fingerprint density at radius 1 is 1.27 bits per heavy atom. The summed E-state index contributed by atoms with van der Waals surface area (Å²) >= 11 is 0. The maximum absolute atomic E-state index is 13.3. The van der Waals surface area contributed by atoms with Crippen LogP contribution < -0.4 is 5.56 Å². The molecule has 0 unspecified atom stereocenters. The van der Waals surface area contributed by atoms with E-state index in [-0.39, 0.29) is 11.4 Å². The van der Waals surface area contributed by atoms with Crippen molar-refractivity contribution in [2.75, 3.05) is 26.7 Å². The van der Waals surface area contributed by atoms with E-state index in [0.29, 0.717) is 5.92 Å². The van der Waals surface area contributed by atoms with Crippen molar-refractivity contribution in [3.63, 3.8) is 0 Å². The van der Waals surface area contributed by atoms with Gasteiger partial charge >= 0.3 is 0 Å². The van der Waals surface area contributed by atoms with Gasteiger partial charge in [0.15, 0.2) is 0 Å². The first-order chi connectivity index (χ1) is 12.6. The van der Waals surface area contributed by atoms with E-state index in [9.17, 15) is 9.18 Å². The molecule has 26 heavy (non-hydrogen) atoms. The molecule has 1 aromatic carbocycles. The van der Waals surface area contributed by atoms with Crippen LogP contribution in [0, 0.1) is 5.82 Å². The molecule has 6 heteroatoms. The molecule has 138 valence electrons. The van der Waals surface area contributed by atoms with Gasteiger partial charge in [0.2, 0.25) is 0 Å². The molecule has 2 aromatic rings. The first-order valence-electron chi connectivity index (χ1n) is 9.36. The zero-order valence-electron chi connectivity index (χ0n) is 15.2. The van der Waals surface area contributed by atoms with Crippen LogP contribution in [0.15, 0.2) is 29.1 Å². The van der Waals surface area contributed by atoms with E-state index in [4.69, 9.17) is 4.98 Å². The second-order valence-corrected chi connectivity index (χ2v) is 7.54. The van der Waals surface area contributed by atoms with Gasteiger partial charge in [0.1, 0.15) is 11.6 Å². The third-order valence-electron chi connectivity index (χ3n) is 5.55. The highest BCUT2D eigenvalue weighted by atomic mass is 19.1. The number of halogens is 1. The van der Waals surface area contributed by atoms with Gasteiger partial charge < -0.3 is 9.88 Å². The molecule has 1 saturated heterocycles. The van der Waals surface area contributed by atoms with Gasteiger partial charge in [0.05, 0.1) is 5.69 Å². The third kappa shape index (κ3) is 3.71. The smallest absolute Gasteiger partial charge is 0.254 e. The van der Waals surface area contributed by atoms with Crippen molar-refractivity contribution in [2.45, 2.75) is 38.3 Å². The topological polar surface area (TPSA) is 52.2 Å². The fraction of sp³-hybridized carbons (Fsp3) is 0.500. The summed E-state index contributed by atoms with van der Waals surface area (Å²) in [4.78, 5) is 24.8. The molecule has 5 nitrogen and oxygen atoms in total. The maximum atomic E-state index is 13.3. The van der Waals surface area contributed by atoms with E-state index in [1.807, 2.05) is 6.07 Å². The Balaban J connectivity index is 1.43. The quantitative estimate of drug-likeness (QED) is 0.917. The SMILES string of the molecule is CN1CCc2c(nc(C3CCN(Cc4cccc(F)c4)CC3)[nH]c2=O)C1. The van der Waals surface area contributed by atoms with E-state index in [1.54, 1.807) is 12.1 Å². The molecule has 0 amide bonds. The largest absolute Gasteiger partial charge is 0.310 e. The highest BCUT2D eigenvalue weighted by Gasteiger charge is 2.25. The molecule has 0 saturated carbocycles. The number of fused-ring (bicyclic) bond motifs is 1. The van der Waals surface area contributed by atoms with Crippen LogP contribution in [0.25, 0.3) is 0 Å². The number of aromatic nitrogens is 2. The number of aromatic amines is 1. The van der Waals surface area contributed by atoms with Gasteiger partial charge in [-0.25, -0.2) is 9.37 Å². The van der Waals surface area contributed by atoms with Crippen LogP contribution >= 0.6 is 0 Å². The molecule has 2 aliphatic rings. The van der Waals surface area contributed by atoms with Crippen molar-refractivity contribution in [3.8, 4) is 0 Å². The van der Waals surface area contributed by atoms with Crippen LogP contribution in [0.1, 0.15) is 41.4 Å². The van der Waals surface area contributed by atoms with Crippen molar-refractivity contribution in [3.05, 3.63) is 63.1 Å². The van der Waals surface area contributed by atoms with E-state index in [2.05, 4.69) is 21.8 Å². The second kappa shape index (κ2) is 7.29. The Kier molecular flexibility index (Phi) is 4.87. The molecular weight excluding hydrogens is 331 g/mol. The minimum atomic E-state index is -0.182. The number of nitrogens with zero attached hydrogens (tertiary/aromatic N) is 3. The van der Waals surface area contributed by atoms with E-state index in [1.165, 1.54) is 6.07 Å². The monoisotopic (exact) mass is 356 g/mol. The average molecular weight is 356 g/mol. The molecular formula is C20H25FN4O. The minimum Gasteiger partial charge on any atom is -0.310 e. The van der Waals surface area contributed by atoms with Gasteiger partial charge in [-0.05, 0) is 57.1 Å². The first kappa shape index (κ1) is 17.4. The molecule has 0 aliphatic carbocycles. The Labute approximate surface area is 152 Å². The summed E-state index contributed by atoms with van der Waals surface area (Å²) in [5.74, 6) is 0.955. The highest BCUT2D eigenvalue weighted by molar-refractivity contribution is 5.22. The molecule has 1 aromatic heterocycles. The molecule has 1 N–H and O–H groups in total. The molecule has 4 rings (SSSR count). The molecule has 0 radical (unpaired) electrons. The highest BCUT2D eigenvalue weighted by Crippen LogP contribution is 2.27. The predicted octanol–water partition coefficient (Wildman–Crippen LogP) is 2.28. The molecule has 0 atom stereocenters. The van der Waals surface area contributed by atoms with Crippen LogP contribution in [-0.2, 0) is 19.5 Å². The zero-order chi connectivity index (χ0) is 18.1. The number of nitrogens with one attached hydrogen (secondary N) is 1. The minimum absolute atomic E-state index is 0.0419. The van der Waals surface area contributed by atoms with Crippen molar-refractivity contribution < 1.29 is 4.39 Å². The number of H-pyrrole nitrogens is 1. The fourth-order valence-electron chi connectivity index (χ4n) is 4.04. The lowest BCUT2D eigenvalue weighted by Gasteiger charge is -2.32. The lowest BCUT2D eigenvalue weighted by atomic mass is 9.95. The van der Waals surface area contributed by atoms with Gasteiger partial charge in [-0.1, -0.05) is 12.1 Å². The summed E-state index contributed by atoms with van der Waals surface area (Å²) < 4.78 is 13.3. The Hall–Kier alpha value is -2.05. The molecule has 2 aliphatic heterocycles. The van der Waals surface area contributed by atoms with Gasteiger partial charge in [0, 0.05) is 31.1 Å². The van der Waals surface area contributed by atoms with Crippen LogP contribution in [0.3, 0.4) is 0 Å². The number of hydrogen-bond donors (Lipinski definition) is 1. The summed E-state index contributed by atoms with van der Waals surface area (Å²) in [5, 5.41) is 0. The summed E-state index contributed by atoms with van der Waals surface area (Å²) in [6.45, 7) is 4.30. The Morgan fingerprint density at radius 3 is 2.85 bits per heavy atom. The summed E-state index contributed by atoms with van der Waals surface area (Å²) in [7, 11) is 2.07. The van der Waals surface area contributed by atoms with E-state index in [0.717, 1.165) is 74.6 Å². The molecule has 0 spiro atoms. The number of likely N-dealkylation sites (N-methyl/N-ethyl adjacent to an activating group) is 1.